The molecule has 26 heavy (non-hydrogen) atoms. The molecule has 0 aromatic heterocycles. The zero-order valence-electron chi connectivity index (χ0n) is 15.4. The number of hydrogen-bond acceptors (Lipinski definition) is 4. The van der Waals surface area contributed by atoms with Crippen LogP contribution in [0.1, 0.15) is 18.1 Å². The van der Waals surface area contributed by atoms with Crippen molar-refractivity contribution >= 4 is 47.6 Å². The number of ether oxygens (including phenoxy) is 1. The molecule has 148 valence electrons. The lowest BCUT2D eigenvalue weighted by Gasteiger charge is -2.12. The van der Waals surface area contributed by atoms with Crippen molar-refractivity contribution < 1.29 is 13.9 Å². The number of hydrogen-bond donors (Lipinski definition) is 3. The molecule has 0 saturated carbocycles. The van der Waals surface area contributed by atoms with E-state index >= 15 is 0 Å². The van der Waals surface area contributed by atoms with Gasteiger partial charge < -0.3 is 20.7 Å². The van der Waals surface area contributed by atoms with Crippen LogP contribution in [-0.4, -0.2) is 51.5 Å². The topological polar surface area (TPSA) is 74.8 Å². The van der Waals surface area contributed by atoms with Gasteiger partial charge in [-0.2, -0.15) is 11.8 Å². The van der Waals surface area contributed by atoms with Gasteiger partial charge in [0.15, 0.2) is 5.96 Å². The molecule has 0 aliphatic rings. The van der Waals surface area contributed by atoms with E-state index < -0.39 is 0 Å². The van der Waals surface area contributed by atoms with Gasteiger partial charge in [-0.15, -0.1) is 24.0 Å². The third-order valence-corrected chi connectivity index (χ3v) is 3.86. The smallest absolute Gasteiger partial charge is 0.239 e. The fraction of sp³-hybridized carbons (Fsp3) is 0.529. The Morgan fingerprint density at radius 2 is 2.04 bits per heavy atom. The third kappa shape index (κ3) is 10.2. The van der Waals surface area contributed by atoms with Crippen molar-refractivity contribution in [1.82, 2.24) is 16.0 Å². The molecular formula is C17H28FIN4O2S. The monoisotopic (exact) mass is 498 g/mol. The molecule has 6 nitrogen and oxygen atoms in total. The molecule has 0 radical (unpaired) electrons. The summed E-state index contributed by atoms with van der Waals surface area (Å²) in [6.45, 7) is 4.11. The number of nitrogens with one attached hydrogen (secondary N) is 3. The van der Waals surface area contributed by atoms with Gasteiger partial charge in [0.1, 0.15) is 5.82 Å². The quantitative estimate of drug-likeness (QED) is 0.200. The van der Waals surface area contributed by atoms with Crippen molar-refractivity contribution in [2.24, 2.45) is 4.99 Å². The Labute approximate surface area is 176 Å². The fourth-order valence-electron chi connectivity index (χ4n) is 2.06. The normalized spacial score (nSPS) is 10.8. The first-order chi connectivity index (χ1) is 12.1. The molecule has 1 aromatic rings. The number of carbonyl (C=O) groups is 1. The van der Waals surface area contributed by atoms with E-state index in [2.05, 4.69) is 20.9 Å². The van der Waals surface area contributed by atoms with E-state index in [1.54, 1.807) is 31.0 Å². The maximum Gasteiger partial charge on any atom is 0.239 e. The molecular weight excluding hydrogens is 470 g/mol. The number of guanidine groups is 1. The molecule has 1 aromatic carbocycles. The molecule has 3 N–H and O–H groups in total. The van der Waals surface area contributed by atoms with Gasteiger partial charge in [-0.25, -0.2) is 9.38 Å². The average Bonchev–Trinajstić information content (AvgIpc) is 2.59. The number of halogens is 2. The largest absolute Gasteiger partial charge is 0.383 e. The Morgan fingerprint density at radius 1 is 1.27 bits per heavy atom. The number of thioether (sulfide) groups is 1. The Kier molecular flexibility index (Phi) is 14.4. The van der Waals surface area contributed by atoms with Gasteiger partial charge in [0.05, 0.1) is 19.7 Å². The van der Waals surface area contributed by atoms with Crippen molar-refractivity contribution in [2.75, 3.05) is 39.6 Å². The third-order valence-electron chi connectivity index (χ3n) is 3.26. The first-order valence-corrected chi connectivity index (χ1v) is 9.54. The molecule has 0 bridgehead atoms. The molecule has 0 aliphatic carbocycles. The molecule has 1 amide bonds. The van der Waals surface area contributed by atoms with Gasteiger partial charge >= 0.3 is 0 Å². The number of rotatable bonds is 10. The van der Waals surface area contributed by atoms with Crippen molar-refractivity contribution in [3.8, 4) is 0 Å². The van der Waals surface area contributed by atoms with E-state index in [9.17, 15) is 9.18 Å². The van der Waals surface area contributed by atoms with Gasteiger partial charge in [-0.05, 0) is 36.4 Å². The van der Waals surface area contributed by atoms with Crippen molar-refractivity contribution in [1.29, 1.82) is 0 Å². The SMILES string of the molecule is CCNC(=NCc1ccc(F)cc1CSC)NCC(=O)NCCOC.I. The van der Waals surface area contributed by atoms with E-state index in [1.165, 1.54) is 6.07 Å². The Hall–Kier alpha value is -1.07. The summed E-state index contributed by atoms with van der Waals surface area (Å²) in [5.74, 6) is 0.903. The summed E-state index contributed by atoms with van der Waals surface area (Å²) in [5.41, 5.74) is 1.90. The second-order valence-electron chi connectivity index (χ2n) is 5.24. The molecule has 0 unspecified atom stereocenters. The maximum absolute atomic E-state index is 13.4. The van der Waals surface area contributed by atoms with Crippen LogP contribution in [0.4, 0.5) is 4.39 Å². The van der Waals surface area contributed by atoms with Gasteiger partial charge in [0, 0.05) is 26.0 Å². The van der Waals surface area contributed by atoms with Crippen LogP contribution in [0.2, 0.25) is 0 Å². The summed E-state index contributed by atoms with van der Waals surface area (Å²) < 4.78 is 18.3. The predicted molar refractivity (Wildman–Crippen MR) is 117 cm³/mol. The Bertz CT molecular complexity index is 576. The lowest BCUT2D eigenvalue weighted by atomic mass is 10.1. The number of methoxy groups -OCH3 is 1. The fourth-order valence-corrected chi connectivity index (χ4v) is 2.64. The summed E-state index contributed by atoms with van der Waals surface area (Å²) in [5, 5.41) is 8.81. The van der Waals surface area contributed by atoms with Crippen LogP contribution in [-0.2, 0) is 21.8 Å². The maximum atomic E-state index is 13.4. The highest BCUT2D eigenvalue weighted by molar-refractivity contribution is 14.0. The summed E-state index contributed by atoms with van der Waals surface area (Å²) in [4.78, 5) is 16.2. The van der Waals surface area contributed by atoms with Gasteiger partial charge in [-0.3, -0.25) is 4.79 Å². The Balaban J connectivity index is 0.00000625. The summed E-state index contributed by atoms with van der Waals surface area (Å²) in [6.07, 6.45) is 1.98. The summed E-state index contributed by atoms with van der Waals surface area (Å²) in [7, 11) is 1.58. The van der Waals surface area contributed by atoms with E-state index in [0.29, 0.717) is 32.2 Å². The first-order valence-electron chi connectivity index (χ1n) is 8.14. The minimum Gasteiger partial charge on any atom is -0.383 e. The van der Waals surface area contributed by atoms with Gasteiger partial charge in [0.25, 0.3) is 0 Å². The predicted octanol–water partition coefficient (Wildman–Crippen LogP) is 2.12. The zero-order valence-corrected chi connectivity index (χ0v) is 18.6. The van der Waals surface area contributed by atoms with Crippen molar-refractivity contribution in [2.45, 2.75) is 19.2 Å². The van der Waals surface area contributed by atoms with Gasteiger partial charge in [0.2, 0.25) is 5.91 Å². The summed E-state index contributed by atoms with van der Waals surface area (Å²) in [6, 6.07) is 4.74. The highest BCUT2D eigenvalue weighted by Crippen LogP contribution is 2.17. The Morgan fingerprint density at radius 3 is 2.69 bits per heavy atom. The molecule has 9 heteroatoms. The molecule has 0 spiro atoms. The van der Waals surface area contributed by atoms with Crippen LogP contribution in [0.3, 0.4) is 0 Å². The average molecular weight is 498 g/mol. The second kappa shape index (κ2) is 15.0. The van der Waals surface area contributed by atoms with Crippen molar-refractivity contribution in [3.05, 3.63) is 35.1 Å². The molecule has 0 fully saturated rings. The first kappa shape index (κ1) is 24.9. The summed E-state index contributed by atoms with van der Waals surface area (Å²) >= 11 is 1.64. The number of amides is 1. The second-order valence-corrected chi connectivity index (χ2v) is 6.10. The minimum atomic E-state index is -0.241. The number of nitrogens with zero attached hydrogens (tertiary/aromatic N) is 1. The number of benzene rings is 1. The number of aliphatic imine (C=N–C) groups is 1. The molecule has 0 aliphatic heterocycles. The van der Waals surface area contributed by atoms with Crippen LogP contribution in [0.15, 0.2) is 23.2 Å². The molecule has 0 saturated heterocycles. The van der Waals surface area contributed by atoms with Crippen LogP contribution in [0, 0.1) is 5.82 Å². The molecule has 0 atom stereocenters. The van der Waals surface area contributed by atoms with Gasteiger partial charge in [-0.1, -0.05) is 6.07 Å². The van der Waals surface area contributed by atoms with Crippen LogP contribution >= 0.6 is 35.7 Å². The van der Waals surface area contributed by atoms with Crippen molar-refractivity contribution in [3.63, 3.8) is 0 Å². The van der Waals surface area contributed by atoms with Crippen LogP contribution in [0.25, 0.3) is 0 Å². The highest BCUT2D eigenvalue weighted by Gasteiger charge is 2.06. The lowest BCUT2D eigenvalue weighted by molar-refractivity contribution is -0.120. The molecule has 1 rings (SSSR count). The van der Waals surface area contributed by atoms with Crippen LogP contribution < -0.4 is 16.0 Å². The number of carbonyl (C=O) groups excluding carboxylic acids is 1. The van der Waals surface area contributed by atoms with Crippen LogP contribution in [0.5, 0.6) is 0 Å². The standard InChI is InChI=1S/C17H27FN4O2S.HI/c1-4-19-17(22-11-16(23)20-7-8-24-2)21-10-13-5-6-15(18)9-14(13)12-25-3;/h5-6,9H,4,7-8,10-12H2,1-3H3,(H,20,23)(H2,19,21,22);1H. The van der Waals surface area contributed by atoms with E-state index in [-0.39, 0.29) is 42.2 Å². The molecule has 0 heterocycles. The van der Waals surface area contributed by atoms with E-state index in [1.807, 2.05) is 13.2 Å². The lowest BCUT2D eigenvalue weighted by Crippen LogP contribution is -2.43. The van der Waals surface area contributed by atoms with E-state index in [0.717, 1.165) is 16.9 Å². The zero-order chi connectivity index (χ0) is 18.5. The van der Waals surface area contributed by atoms with E-state index in [4.69, 9.17) is 4.74 Å². The highest BCUT2D eigenvalue weighted by atomic mass is 127. The minimum absolute atomic E-state index is 0.